The average molecular weight is 479 g/mol. The van der Waals surface area contributed by atoms with Crippen LogP contribution in [-0.4, -0.2) is 70.3 Å². The monoisotopic (exact) mass is 478 g/mol. The number of rotatable bonds is 4. The van der Waals surface area contributed by atoms with E-state index >= 15 is 0 Å². The Labute approximate surface area is 201 Å². The molecule has 1 unspecified atom stereocenters. The summed E-state index contributed by atoms with van der Waals surface area (Å²) in [5.74, 6) is 0.549. The molecule has 3 aromatic heterocycles. The average Bonchev–Trinajstić information content (AvgIpc) is 3.47. The Hall–Kier alpha value is -2.88. The summed E-state index contributed by atoms with van der Waals surface area (Å²) >= 11 is 1.51. The number of hydrogen-bond donors (Lipinski definition) is 4. The lowest BCUT2D eigenvalue weighted by Gasteiger charge is -2.34. The minimum absolute atomic E-state index is 0.0781. The minimum Gasteiger partial charge on any atom is -0.391 e. The number of fused-ring (bicyclic) bond motifs is 2. The number of pyridine rings is 1. The van der Waals surface area contributed by atoms with Gasteiger partial charge in [0.15, 0.2) is 0 Å². The topological polar surface area (TPSA) is 100 Å². The molecule has 0 spiro atoms. The molecule has 4 N–H and O–H groups in total. The van der Waals surface area contributed by atoms with Gasteiger partial charge in [0.05, 0.1) is 28.9 Å². The van der Waals surface area contributed by atoms with E-state index in [9.17, 15) is 9.90 Å². The first kappa shape index (κ1) is 21.6. The predicted octanol–water partition coefficient (Wildman–Crippen LogP) is 3.60. The summed E-state index contributed by atoms with van der Waals surface area (Å²) in [5, 5.41) is 17.1. The van der Waals surface area contributed by atoms with E-state index in [-0.39, 0.29) is 11.6 Å². The van der Waals surface area contributed by atoms with E-state index in [1.807, 2.05) is 17.5 Å². The van der Waals surface area contributed by atoms with Gasteiger partial charge < -0.3 is 30.2 Å². The van der Waals surface area contributed by atoms with Crippen molar-refractivity contribution >= 4 is 44.0 Å². The summed E-state index contributed by atoms with van der Waals surface area (Å²) in [6.45, 7) is 4.08. The van der Waals surface area contributed by atoms with Gasteiger partial charge in [-0.3, -0.25) is 4.79 Å². The second-order valence-corrected chi connectivity index (χ2v) is 10.5. The van der Waals surface area contributed by atoms with Gasteiger partial charge in [0, 0.05) is 37.3 Å². The Morgan fingerprint density at radius 3 is 2.76 bits per heavy atom. The molecule has 4 heterocycles. The summed E-state index contributed by atoms with van der Waals surface area (Å²) in [7, 11) is 2.15. The van der Waals surface area contributed by atoms with Crippen molar-refractivity contribution in [3.8, 4) is 11.4 Å². The van der Waals surface area contributed by atoms with Crippen molar-refractivity contribution in [2.24, 2.45) is 0 Å². The Morgan fingerprint density at radius 1 is 1.12 bits per heavy atom. The number of piperazine rings is 1. The Kier molecular flexibility index (Phi) is 5.55. The fourth-order valence-corrected chi connectivity index (χ4v) is 6.02. The van der Waals surface area contributed by atoms with Gasteiger partial charge in [-0.2, -0.15) is 0 Å². The molecular weight excluding hydrogens is 448 g/mol. The molecule has 1 aliphatic carbocycles. The number of nitrogens with one attached hydrogen (secondary N) is 3. The van der Waals surface area contributed by atoms with Crippen LogP contribution >= 0.6 is 11.3 Å². The van der Waals surface area contributed by atoms with E-state index < -0.39 is 6.10 Å². The highest BCUT2D eigenvalue weighted by Crippen LogP contribution is 2.35. The molecule has 1 aromatic carbocycles. The maximum atomic E-state index is 13.3. The molecule has 0 amide bonds. The van der Waals surface area contributed by atoms with Crippen molar-refractivity contribution in [3.05, 3.63) is 40.0 Å². The molecule has 2 atom stereocenters. The number of aromatic nitrogens is 3. The van der Waals surface area contributed by atoms with Gasteiger partial charge in [0.1, 0.15) is 16.2 Å². The summed E-state index contributed by atoms with van der Waals surface area (Å²) in [5.41, 5.74) is 3.99. The third-order valence-corrected chi connectivity index (χ3v) is 8.10. The number of nitrogens with zero attached hydrogens (tertiary/aromatic N) is 3. The summed E-state index contributed by atoms with van der Waals surface area (Å²) in [6, 6.07) is 8.21. The van der Waals surface area contributed by atoms with E-state index in [1.54, 1.807) is 0 Å². The van der Waals surface area contributed by atoms with Crippen LogP contribution in [0.3, 0.4) is 0 Å². The number of aromatic amines is 2. The fraction of sp³-hybridized carbons (Fsp3) is 0.440. The van der Waals surface area contributed by atoms with E-state index in [2.05, 4.69) is 44.3 Å². The SMILES string of the molecule is CN1CCN(c2ccc3nc(-c4c(N[C@H]5CCCCC5O)c5ccsc5[nH]c4=O)[nH]c3c2)CC1. The normalized spacial score (nSPS) is 22.0. The first-order valence-corrected chi connectivity index (χ1v) is 13.0. The molecule has 6 rings (SSSR count). The fourth-order valence-electron chi connectivity index (χ4n) is 5.24. The second kappa shape index (κ2) is 8.72. The Morgan fingerprint density at radius 2 is 1.94 bits per heavy atom. The van der Waals surface area contributed by atoms with Crippen molar-refractivity contribution in [1.82, 2.24) is 19.9 Å². The van der Waals surface area contributed by atoms with Crippen LogP contribution in [0.15, 0.2) is 34.4 Å². The molecule has 0 radical (unpaired) electrons. The van der Waals surface area contributed by atoms with E-state index in [0.29, 0.717) is 11.4 Å². The lowest BCUT2D eigenvalue weighted by molar-refractivity contribution is 0.116. The summed E-state index contributed by atoms with van der Waals surface area (Å²) < 4.78 is 0. The molecule has 1 saturated heterocycles. The number of aliphatic hydroxyl groups excluding tert-OH is 1. The quantitative estimate of drug-likeness (QED) is 0.358. The van der Waals surface area contributed by atoms with Gasteiger partial charge in [-0.1, -0.05) is 12.8 Å². The molecule has 34 heavy (non-hydrogen) atoms. The minimum atomic E-state index is -0.420. The van der Waals surface area contributed by atoms with Crippen molar-refractivity contribution < 1.29 is 5.11 Å². The predicted molar refractivity (Wildman–Crippen MR) is 139 cm³/mol. The number of anilines is 2. The van der Waals surface area contributed by atoms with E-state index in [4.69, 9.17) is 4.98 Å². The number of benzene rings is 1. The van der Waals surface area contributed by atoms with Crippen LogP contribution in [0, 0.1) is 0 Å². The van der Waals surface area contributed by atoms with Crippen molar-refractivity contribution in [1.29, 1.82) is 0 Å². The van der Waals surface area contributed by atoms with Crippen molar-refractivity contribution in [3.63, 3.8) is 0 Å². The van der Waals surface area contributed by atoms with Crippen molar-refractivity contribution in [2.75, 3.05) is 43.4 Å². The molecule has 8 nitrogen and oxygen atoms in total. The zero-order valence-corrected chi connectivity index (χ0v) is 20.1. The molecule has 0 bridgehead atoms. The van der Waals surface area contributed by atoms with Crippen LogP contribution in [0.5, 0.6) is 0 Å². The van der Waals surface area contributed by atoms with Crippen LogP contribution in [-0.2, 0) is 0 Å². The van der Waals surface area contributed by atoms with Gasteiger partial charge in [0.2, 0.25) is 0 Å². The molecule has 9 heteroatoms. The lowest BCUT2D eigenvalue weighted by Crippen LogP contribution is -2.44. The third kappa shape index (κ3) is 3.87. The number of aliphatic hydroxyl groups is 1. The highest BCUT2D eigenvalue weighted by Gasteiger charge is 2.27. The first-order valence-electron chi connectivity index (χ1n) is 12.1. The van der Waals surface area contributed by atoms with E-state index in [1.165, 1.54) is 17.0 Å². The lowest BCUT2D eigenvalue weighted by atomic mass is 9.92. The van der Waals surface area contributed by atoms with Crippen LogP contribution < -0.4 is 15.8 Å². The molecule has 4 aromatic rings. The number of imidazole rings is 1. The molecule has 2 aliphatic rings. The third-order valence-electron chi connectivity index (χ3n) is 7.27. The smallest absolute Gasteiger partial charge is 0.262 e. The van der Waals surface area contributed by atoms with Gasteiger partial charge in [-0.25, -0.2) is 4.98 Å². The Bertz CT molecular complexity index is 1380. The second-order valence-electron chi connectivity index (χ2n) is 9.55. The summed E-state index contributed by atoms with van der Waals surface area (Å²) in [4.78, 5) is 30.1. The molecule has 1 aliphatic heterocycles. The standard InChI is InChI=1S/C25H30N6O2S/c1-30-9-11-31(12-10-30)15-6-7-17-19(14-15)28-23(27-17)21-22(26-18-4-2-3-5-20(18)32)16-8-13-34-25(16)29-24(21)33/h6-8,13-14,18,20,32H,2-5,9-12H2,1H3,(H,27,28)(H2,26,29,33)/t18-,20?/m0/s1. The van der Waals surface area contributed by atoms with E-state index in [0.717, 1.165) is 78.8 Å². The van der Waals surface area contributed by atoms with Crippen LogP contribution in [0.1, 0.15) is 25.7 Å². The largest absolute Gasteiger partial charge is 0.391 e. The van der Waals surface area contributed by atoms with Gasteiger partial charge in [-0.05, 0) is 49.5 Å². The zero-order chi connectivity index (χ0) is 23.2. The van der Waals surface area contributed by atoms with Crippen molar-refractivity contribution in [2.45, 2.75) is 37.8 Å². The number of H-pyrrole nitrogens is 2. The maximum absolute atomic E-state index is 13.3. The number of thiophene rings is 1. The number of hydrogen-bond acceptors (Lipinski definition) is 7. The molecule has 1 saturated carbocycles. The highest BCUT2D eigenvalue weighted by atomic mass is 32.1. The van der Waals surface area contributed by atoms with Gasteiger partial charge in [0.25, 0.3) is 5.56 Å². The van der Waals surface area contributed by atoms with Gasteiger partial charge >= 0.3 is 0 Å². The Balaban J connectivity index is 1.42. The summed E-state index contributed by atoms with van der Waals surface area (Å²) in [6.07, 6.45) is 3.35. The number of likely N-dealkylation sites (N-methyl/N-ethyl adjacent to an activating group) is 1. The van der Waals surface area contributed by atoms with Crippen LogP contribution in [0.4, 0.5) is 11.4 Å². The van der Waals surface area contributed by atoms with Crippen LogP contribution in [0.2, 0.25) is 0 Å². The molecule has 2 fully saturated rings. The molecule has 178 valence electrons. The van der Waals surface area contributed by atoms with Crippen LogP contribution in [0.25, 0.3) is 32.6 Å². The zero-order valence-electron chi connectivity index (χ0n) is 19.3. The molecular formula is C25H30N6O2S. The first-order chi connectivity index (χ1) is 16.6. The highest BCUT2D eigenvalue weighted by molar-refractivity contribution is 7.16. The maximum Gasteiger partial charge on any atom is 0.262 e. The van der Waals surface area contributed by atoms with Gasteiger partial charge in [-0.15, -0.1) is 11.3 Å².